The Kier molecular flexibility index (Phi) is 5.17. The van der Waals surface area contributed by atoms with Crippen LogP contribution in [0.15, 0.2) is 42.5 Å². The molecule has 0 unspecified atom stereocenters. The predicted molar refractivity (Wildman–Crippen MR) is 81.3 cm³/mol. The molecule has 0 amide bonds. The van der Waals surface area contributed by atoms with Crippen molar-refractivity contribution in [2.75, 3.05) is 6.61 Å². The smallest absolute Gasteiger partial charge is 0.132 e. The van der Waals surface area contributed by atoms with E-state index in [1.165, 1.54) is 12.1 Å². The zero-order chi connectivity index (χ0) is 15.2. The zero-order valence-corrected chi connectivity index (χ0v) is 12.3. The molecule has 0 fully saturated rings. The van der Waals surface area contributed by atoms with Crippen LogP contribution in [-0.2, 0) is 0 Å². The number of benzene rings is 2. The lowest BCUT2D eigenvalue weighted by Gasteiger charge is -2.14. The SMILES string of the molecule is CCCOc1ccc(Oc2ccc(F)cc2[C@@H](C)N)cc1. The highest BCUT2D eigenvalue weighted by Crippen LogP contribution is 2.30. The lowest BCUT2D eigenvalue weighted by Crippen LogP contribution is -2.07. The third-order valence-electron chi connectivity index (χ3n) is 2.99. The molecule has 0 aliphatic rings. The van der Waals surface area contributed by atoms with Gasteiger partial charge < -0.3 is 15.2 Å². The molecule has 2 rings (SSSR count). The first-order valence-electron chi connectivity index (χ1n) is 7.06. The second-order valence-corrected chi connectivity index (χ2v) is 4.89. The van der Waals surface area contributed by atoms with Crippen LogP contribution in [0.2, 0.25) is 0 Å². The number of ether oxygens (including phenoxy) is 2. The second kappa shape index (κ2) is 7.09. The van der Waals surface area contributed by atoms with Crippen LogP contribution in [0, 0.1) is 5.82 Å². The van der Waals surface area contributed by atoms with Crippen molar-refractivity contribution in [3.8, 4) is 17.2 Å². The standard InChI is InChI=1S/C17H20FNO2/c1-3-10-20-14-5-7-15(8-6-14)21-17-9-4-13(18)11-16(17)12(2)19/h4-9,11-12H,3,10,19H2,1-2H3/t12-/m1/s1. The van der Waals surface area contributed by atoms with Crippen LogP contribution in [0.1, 0.15) is 31.9 Å². The quantitative estimate of drug-likeness (QED) is 0.855. The Hall–Kier alpha value is -2.07. The molecular formula is C17H20FNO2. The summed E-state index contributed by atoms with van der Waals surface area (Å²) in [6, 6.07) is 11.4. The number of hydrogen-bond acceptors (Lipinski definition) is 3. The van der Waals surface area contributed by atoms with E-state index in [0.29, 0.717) is 23.7 Å². The van der Waals surface area contributed by atoms with Crippen LogP contribution in [-0.4, -0.2) is 6.61 Å². The van der Waals surface area contributed by atoms with Gasteiger partial charge in [0.2, 0.25) is 0 Å². The van der Waals surface area contributed by atoms with Gasteiger partial charge in [-0.15, -0.1) is 0 Å². The number of rotatable bonds is 6. The fraction of sp³-hybridized carbons (Fsp3) is 0.294. The zero-order valence-electron chi connectivity index (χ0n) is 12.3. The van der Waals surface area contributed by atoms with Gasteiger partial charge >= 0.3 is 0 Å². The van der Waals surface area contributed by atoms with Crippen LogP contribution in [0.4, 0.5) is 4.39 Å². The van der Waals surface area contributed by atoms with Gasteiger partial charge in [-0.2, -0.15) is 0 Å². The highest BCUT2D eigenvalue weighted by molar-refractivity contribution is 5.41. The largest absolute Gasteiger partial charge is 0.494 e. The molecule has 0 radical (unpaired) electrons. The third kappa shape index (κ3) is 4.20. The Morgan fingerprint density at radius 1 is 1.10 bits per heavy atom. The van der Waals surface area contributed by atoms with Crippen molar-refractivity contribution in [1.82, 2.24) is 0 Å². The molecule has 2 aromatic carbocycles. The molecule has 0 aromatic heterocycles. The molecule has 0 saturated carbocycles. The second-order valence-electron chi connectivity index (χ2n) is 4.89. The number of nitrogens with two attached hydrogens (primary N) is 1. The van der Waals surface area contributed by atoms with Crippen molar-refractivity contribution in [1.29, 1.82) is 0 Å². The van der Waals surface area contributed by atoms with E-state index in [2.05, 4.69) is 6.92 Å². The molecule has 2 N–H and O–H groups in total. The van der Waals surface area contributed by atoms with E-state index in [1.807, 2.05) is 24.3 Å². The Morgan fingerprint density at radius 2 is 1.76 bits per heavy atom. The van der Waals surface area contributed by atoms with Gasteiger partial charge in [-0.1, -0.05) is 6.92 Å². The van der Waals surface area contributed by atoms with Gasteiger partial charge in [0.15, 0.2) is 0 Å². The maximum atomic E-state index is 13.3. The minimum absolute atomic E-state index is 0.303. The number of halogens is 1. The van der Waals surface area contributed by atoms with Gasteiger partial charge in [-0.25, -0.2) is 4.39 Å². The first kappa shape index (κ1) is 15.3. The molecule has 0 bridgehead atoms. The maximum Gasteiger partial charge on any atom is 0.132 e. The summed E-state index contributed by atoms with van der Waals surface area (Å²) < 4.78 is 24.6. The van der Waals surface area contributed by atoms with Gasteiger partial charge in [-0.3, -0.25) is 0 Å². The van der Waals surface area contributed by atoms with Gasteiger partial charge in [0, 0.05) is 11.6 Å². The molecule has 0 spiro atoms. The van der Waals surface area contributed by atoms with Gasteiger partial charge in [0.1, 0.15) is 23.1 Å². The average Bonchev–Trinajstić information content (AvgIpc) is 2.48. The van der Waals surface area contributed by atoms with Gasteiger partial charge in [0.25, 0.3) is 0 Å². The molecule has 112 valence electrons. The fourth-order valence-electron chi connectivity index (χ4n) is 1.92. The average molecular weight is 289 g/mol. The first-order chi connectivity index (χ1) is 10.1. The fourth-order valence-corrected chi connectivity index (χ4v) is 1.92. The van der Waals surface area contributed by atoms with Crippen LogP contribution < -0.4 is 15.2 Å². The van der Waals surface area contributed by atoms with Gasteiger partial charge in [0.05, 0.1) is 6.61 Å². The van der Waals surface area contributed by atoms with E-state index >= 15 is 0 Å². The van der Waals surface area contributed by atoms with Crippen molar-refractivity contribution < 1.29 is 13.9 Å². The maximum absolute atomic E-state index is 13.3. The van der Waals surface area contributed by atoms with E-state index in [-0.39, 0.29) is 11.9 Å². The Morgan fingerprint density at radius 3 is 2.38 bits per heavy atom. The molecule has 2 aromatic rings. The highest BCUT2D eigenvalue weighted by Gasteiger charge is 2.10. The molecule has 0 saturated heterocycles. The van der Waals surface area contributed by atoms with Crippen molar-refractivity contribution >= 4 is 0 Å². The lowest BCUT2D eigenvalue weighted by molar-refractivity contribution is 0.317. The van der Waals surface area contributed by atoms with Crippen molar-refractivity contribution in [2.24, 2.45) is 5.73 Å². The molecule has 0 aliphatic carbocycles. The predicted octanol–water partition coefficient (Wildman–Crippen LogP) is 4.43. The van der Waals surface area contributed by atoms with Crippen LogP contribution in [0.3, 0.4) is 0 Å². The van der Waals surface area contributed by atoms with Crippen LogP contribution in [0.25, 0.3) is 0 Å². The summed E-state index contributed by atoms with van der Waals surface area (Å²) in [4.78, 5) is 0. The van der Waals surface area contributed by atoms with Crippen molar-refractivity contribution in [3.05, 3.63) is 53.8 Å². The highest BCUT2D eigenvalue weighted by atomic mass is 19.1. The number of hydrogen-bond donors (Lipinski definition) is 1. The summed E-state index contributed by atoms with van der Waals surface area (Å²) in [6.07, 6.45) is 0.964. The van der Waals surface area contributed by atoms with Crippen molar-refractivity contribution in [2.45, 2.75) is 26.3 Å². The summed E-state index contributed by atoms with van der Waals surface area (Å²) in [6.45, 7) is 4.54. The minimum Gasteiger partial charge on any atom is -0.494 e. The van der Waals surface area contributed by atoms with Gasteiger partial charge in [-0.05, 0) is 55.8 Å². The summed E-state index contributed by atoms with van der Waals surface area (Å²) in [5.74, 6) is 1.70. The molecule has 0 aliphatic heterocycles. The third-order valence-corrected chi connectivity index (χ3v) is 2.99. The summed E-state index contributed by atoms with van der Waals surface area (Å²) in [5, 5.41) is 0. The normalized spacial score (nSPS) is 12.0. The Bertz CT molecular complexity index is 582. The minimum atomic E-state index is -0.321. The summed E-state index contributed by atoms with van der Waals surface area (Å²) in [7, 11) is 0. The monoisotopic (exact) mass is 289 g/mol. The Balaban J connectivity index is 2.14. The van der Waals surface area contributed by atoms with Crippen LogP contribution >= 0.6 is 0 Å². The molecule has 3 nitrogen and oxygen atoms in total. The molecule has 0 heterocycles. The molecular weight excluding hydrogens is 269 g/mol. The van der Waals surface area contributed by atoms with E-state index < -0.39 is 0 Å². The summed E-state index contributed by atoms with van der Waals surface area (Å²) >= 11 is 0. The lowest BCUT2D eigenvalue weighted by atomic mass is 10.1. The van der Waals surface area contributed by atoms with Crippen LogP contribution in [0.5, 0.6) is 17.2 Å². The molecule has 4 heteroatoms. The van der Waals surface area contributed by atoms with E-state index in [4.69, 9.17) is 15.2 Å². The summed E-state index contributed by atoms with van der Waals surface area (Å²) in [5.41, 5.74) is 6.49. The molecule has 1 atom stereocenters. The first-order valence-corrected chi connectivity index (χ1v) is 7.06. The van der Waals surface area contributed by atoms with E-state index in [0.717, 1.165) is 12.2 Å². The topological polar surface area (TPSA) is 44.5 Å². The van der Waals surface area contributed by atoms with E-state index in [1.54, 1.807) is 13.0 Å². The van der Waals surface area contributed by atoms with E-state index in [9.17, 15) is 4.39 Å². The van der Waals surface area contributed by atoms with Crippen molar-refractivity contribution in [3.63, 3.8) is 0 Å². The molecule has 21 heavy (non-hydrogen) atoms. The Labute approximate surface area is 124 Å².